The van der Waals surface area contributed by atoms with E-state index in [0.29, 0.717) is 25.6 Å². The summed E-state index contributed by atoms with van der Waals surface area (Å²) in [5, 5.41) is 0. The van der Waals surface area contributed by atoms with Crippen molar-refractivity contribution in [2.45, 2.75) is 6.42 Å². The Kier molecular flexibility index (Phi) is 4.96. The van der Waals surface area contributed by atoms with Gasteiger partial charge in [0.15, 0.2) is 0 Å². The van der Waals surface area contributed by atoms with Crippen LogP contribution in [0, 0.1) is 0 Å². The Bertz CT molecular complexity index is 266. The van der Waals surface area contributed by atoms with Crippen LogP contribution in [0.5, 0.6) is 5.88 Å². The minimum absolute atomic E-state index is 0.523. The minimum atomic E-state index is 0.523. The summed E-state index contributed by atoms with van der Waals surface area (Å²) in [4.78, 5) is 4.28. The number of nitrogens with zero attached hydrogens (tertiary/aromatic N) is 1. The van der Waals surface area contributed by atoms with Gasteiger partial charge in [-0.1, -0.05) is 6.07 Å². The molecule has 1 heterocycles. The molecule has 0 atom stereocenters. The third kappa shape index (κ3) is 3.72. The van der Waals surface area contributed by atoms with Crippen LogP contribution in [0.3, 0.4) is 0 Å². The molecule has 0 spiro atoms. The monoisotopic (exact) mass is 196 g/mol. The highest BCUT2D eigenvalue weighted by Gasteiger charge is 1.97. The molecular formula is C10H16N2O2. The van der Waals surface area contributed by atoms with E-state index in [1.54, 1.807) is 7.11 Å². The van der Waals surface area contributed by atoms with E-state index in [1.165, 1.54) is 0 Å². The topological polar surface area (TPSA) is 57.4 Å². The molecule has 0 aliphatic heterocycles. The number of methoxy groups -OCH3 is 1. The third-order valence-corrected chi connectivity index (χ3v) is 1.72. The molecule has 0 saturated carbocycles. The van der Waals surface area contributed by atoms with E-state index >= 15 is 0 Å². The molecule has 78 valence electrons. The quantitative estimate of drug-likeness (QED) is 0.677. The van der Waals surface area contributed by atoms with Crippen LogP contribution in [0.15, 0.2) is 18.2 Å². The Hall–Kier alpha value is -1.13. The van der Waals surface area contributed by atoms with E-state index in [9.17, 15) is 0 Å². The lowest BCUT2D eigenvalue weighted by molar-refractivity contribution is 0.143. The molecule has 0 aromatic carbocycles. The van der Waals surface area contributed by atoms with Crippen molar-refractivity contribution in [2.24, 2.45) is 5.73 Å². The van der Waals surface area contributed by atoms with Crippen LogP contribution in [0.4, 0.5) is 0 Å². The van der Waals surface area contributed by atoms with E-state index in [-0.39, 0.29) is 0 Å². The first-order valence-corrected chi connectivity index (χ1v) is 4.64. The van der Waals surface area contributed by atoms with Crippen molar-refractivity contribution in [2.75, 3.05) is 26.9 Å². The fraction of sp³-hybridized carbons (Fsp3) is 0.500. The molecule has 0 bridgehead atoms. The average molecular weight is 196 g/mol. The van der Waals surface area contributed by atoms with Crippen molar-refractivity contribution in [3.8, 4) is 5.88 Å². The van der Waals surface area contributed by atoms with Gasteiger partial charge < -0.3 is 15.2 Å². The van der Waals surface area contributed by atoms with Gasteiger partial charge in [0.1, 0.15) is 6.61 Å². The molecule has 4 nitrogen and oxygen atoms in total. The predicted octanol–water partition coefficient (Wildman–Crippen LogP) is 0.608. The Balaban J connectivity index is 2.46. The molecule has 0 unspecified atom stereocenters. The van der Waals surface area contributed by atoms with Gasteiger partial charge in [0.05, 0.1) is 6.61 Å². The minimum Gasteiger partial charge on any atom is -0.475 e. The maximum atomic E-state index is 5.43. The number of nitrogens with two attached hydrogens (primary N) is 1. The standard InChI is InChI=1S/C10H16N2O2/c1-13-7-8-14-10-4-2-3-9(12-10)5-6-11/h2-4H,5-8,11H2,1H3. The second-order valence-corrected chi connectivity index (χ2v) is 2.85. The molecule has 1 aromatic rings. The summed E-state index contributed by atoms with van der Waals surface area (Å²) in [6.07, 6.45) is 0.779. The van der Waals surface area contributed by atoms with Gasteiger partial charge in [-0.05, 0) is 12.6 Å². The zero-order valence-electron chi connectivity index (χ0n) is 8.40. The Morgan fingerprint density at radius 2 is 2.21 bits per heavy atom. The average Bonchev–Trinajstić information content (AvgIpc) is 2.19. The van der Waals surface area contributed by atoms with E-state index in [2.05, 4.69) is 4.98 Å². The number of hydrogen-bond donors (Lipinski definition) is 1. The SMILES string of the molecule is COCCOc1cccc(CCN)n1. The predicted molar refractivity (Wildman–Crippen MR) is 54.4 cm³/mol. The second kappa shape index (κ2) is 6.34. The normalized spacial score (nSPS) is 10.1. The summed E-state index contributed by atoms with van der Waals surface area (Å²) in [7, 11) is 1.64. The fourth-order valence-electron chi connectivity index (χ4n) is 1.05. The molecule has 0 radical (unpaired) electrons. The van der Waals surface area contributed by atoms with Crippen molar-refractivity contribution in [1.82, 2.24) is 4.98 Å². The van der Waals surface area contributed by atoms with E-state index in [0.717, 1.165) is 12.1 Å². The molecule has 0 saturated heterocycles. The molecular weight excluding hydrogens is 180 g/mol. The number of ether oxygens (including phenoxy) is 2. The van der Waals surface area contributed by atoms with E-state index < -0.39 is 0 Å². The zero-order chi connectivity index (χ0) is 10.2. The summed E-state index contributed by atoms with van der Waals surface area (Å²) in [6, 6.07) is 5.69. The molecule has 2 N–H and O–H groups in total. The number of aromatic nitrogens is 1. The highest BCUT2D eigenvalue weighted by atomic mass is 16.5. The molecule has 1 rings (SSSR count). The third-order valence-electron chi connectivity index (χ3n) is 1.72. The molecule has 0 amide bonds. The lowest BCUT2D eigenvalue weighted by Crippen LogP contribution is -2.08. The molecule has 0 aliphatic carbocycles. The van der Waals surface area contributed by atoms with E-state index in [4.69, 9.17) is 15.2 Å². The largest absolute Gasteiger partial charge is 0.475 e. The van der Waals surface area contributed by atoms with Crippen LogP contribution < -0.4 is 10.5 Å². The van der Waals surface area contributed by atoms with Crippen molar-refractivity contribution in [1.29, 1.82) is 0 Å². The van der Waals surface area contributed by atoms with E-state index in [1.807, 2.05) is 18.2 Å². The zero-order valence-corrected chi connectivity index (χ0v) is 8.40. The van der Waals surface area contributed by atoms with Crippen LogP contribution in [0.25, 0.3) is 0 Å². The van der Waals surface area contributed by atoms with Gasteiger partial charge in [-0.15, -0.1) is 0 Å². The number of pyridine rings is 1. The van der Waals surface area contributed by atoms with Crippen LogP contribution >= 0.6 is 0 Å². The van der Waals surface area contributed by atoms with Gasteiger partial charge in [0, 0.05) is 25.3 Å². The summed E-state index contributed by atoms with van der Waals surface area (Å²) in [6.45, 7) is 1.70. The molecule has 0 fully saturated rings. The summed E-state index contributed by atoms with van der Waals surface area (Å²) in [5.41, 5.74) is 6.39. The molecule has 14 heavy (non-hydrogen) atoms. The van der Waals surface area contributed by atoms with Crippen molar-refractivity contribution in [3.63, 3.8) is 0 Å². The highest BCUT2D eigenvalue weighted by Crippen LogP contribution is 2.07. The highest BCUT2D eigenvalue weighted by molar-refractivity contribution is 5.15. The molecule has 1 aromatic heterocycles. The van der Waals surface area contributed by atoms with Crippen LogP contribution in [-0.2, 0) is 11.2 Å². The van der Waals surface area contributed by atoms with Gasteiger partial charge in [0.25, 0.3) is 0 Å². The first-order chi connectivity index (χ1) is 6.86. The van der Waals surface area contributed by atoms with Gasteiger partial charge in [-0.2, -0.15) is 0 Å². The van der Waals surface area contributed by atoms with Crippen molar-refractivity contribution < 1.29 is 9.47 Å². The smallest absolute Gasteiger partial charge is 0.213 e. The van der Waals surface area contributed by atoms with Gasteiger partial charge in [-0.3, -0.25) is 0 Å². The first-order valence-electron chi connectivity index (χ1n) is 4.64. The van der Waals surface area contributed by atoms with Gasteiger partial charge >= 0.3 is 0 Å². The van der Waals surface area contributed by atoms with Crippen LogP contribution in [-0.4, -0.2) is 31.9 Å². The fourth-order valence-corrected chi connectivity index (χ4v) is 1.05. The van der Waals surface area contributed by atoms with Gasteiger partial charge in [-0.25, -0.2) is 4.98 Å². The first kappa shape index (κ1) is 10.9. The molecule has 0 aliphatic rings. The Morgan fingerprint density at radius 1 is 1.36 bits per heavy atom. The lowest BCUT2D eigenvalue weighted by atomic mass is 10.3. The Morgan fingerprint density at radius 3 is 2.93 bits per heavy atom. The van der Waals surface area contributed by atoms with Crippen LogP contribution in [0.2, 0.25) is 0 Å². The van der Waals surface area contributed by atoms with Crippen molar-refractivity contribution in [3.05, 3.63) is 23.9 Å². The lowest BCUT2D eigenvalue weighted by Gasteiger charge is -2.05. The summed E-state index contributed by atoms with van der Waals surface area (Å²) >= 11 is 0. The maximum absolute atomic E-state index is 5.43. The maximum Gasteiger partial charge on any atom is 0.213 e. The number of rotatable bonds is 6. The summed E-state index contributed by atoms with van der Waals surface area (Å²) in [5.74, 6) is 0.632. The van der Waals surface area contributed by atoms with Crippen molar-refractivity contribution >= 4 is 0 Å². The van der Waals surface area contributed by atoms with Gasteiger partial charge in [0.2, 0.25) is 5.88 Å². The number of hydrogen-bond acceptors (Lipinski definition) is 4. The summed E-state index contributed by atoms with van der Waals surface area (Å²) < 4.78 is 10.2. The molecule has 4 heteroatoms. The Labute approximate surface area is 84.0 Å². The second-order valence-electron chi connectivity index (χ2n) is 2.85. The van der Waals surface area contributed by atoms with Crippen LogP contribution in [0.1, 0.15) is 5.69 Å².